The first kappa shape index (κ1) is 9.83. The molecule has 0 aliphatic heterocycles. The Morgan fingerprint density at radius 2 is 1.75 bits per heavy atom. The van der Waals surface area contributed by atoms with Crippen LogP contribution in [0.3, 0.4) is 0 Å². The van der Waals surface area contributed by atoms with Crippen molar-refractivity contribution in [1.82, 2.24) is 0 Å². The normalized spacial score (nSPS) is 40.2. The summed E-state index contributed by atoms with van der Waals surface area (Å²) in [5.74, 6) is 2.24. The number of hydrogen-bond acceptors (Lipinski definition) is 1. The minimum absolute atomic E-state index is 0.187. The van der Waals surface area contributed by atoms with E-state index in [0.717, 1.165) is 0 Å². The van der Waals surface area contributed by atoms with Crippen LogP contribution in [0.1, 0.15) is 18.4 Å². The number of carbonyl (C=O) groups excluding carboxylic acids is 1. The Morgan fingerprint density at radius 1 is 1.06 bits per heavy atom. The first-order valence-electron chi connectivity index (χ1n) is 6.01. The number of rotatable bonds is 2. The number of benzene rings is 1. The highest BCUT2D eigenvalue weighted by atomic mass is 16.1. The Morgan fingerprint density at radius 3 is 2.44 bits per heavy atom. The molecule has 4 unspecified atom stereocenters. The fraction of sp³-hybridized carbons (Fsp3) is 0.400. The number of carbonyl (C=O) groups is 1. The van der Waals surface area contributed by atoms with Gasteiger partial charge in [0.25, 0.3) is 0 Å². The molecule has 1 saturated carbocycles. The molecule has 0 spiro atoms. The first-order chi connectivity index (χ1) is 7.83. The van der Waals surface area contributed by atoms with Crippen LogP contribution < -0.4 is 0 Å². The maximum Gasteiger partial charge on any atom is 0.124 e. The van der Waals surface area contributed by atoms with Gasteiger partial charge in [0, 0.05) is 11.8 Å². The van der Waals surface area contributed by atoms with Crippen LogP contribution in [0, 0.1) is 23.7 Å². The minimum Gasteiger partial charge on any atom is -0.303 e. The van der Waals surface area contributed by atoms with Crippen LogP contribution >= 0.6 is 0 Å². The first-order valence-corrected chi connectivity index (χ1v) is 6.01. The maximum absolute atomic E-state index is 11.3. The van der Waals surface area contributed by atoms with Crippen molar-refractivity contribution >= 4 is 6.29 Å². The van der Waals surface area contributed by atoms with E-state index in [2.05, 4.69) is 43.3 Å². The molecular formula is C15H16O. The number of fused-ring (bicyclic) bond motifs is 2. The zero-order valence-electron chi connectivity index (χ0n) is 9.41. The van der Waals surface area contributed by atoms with Crippen molar-refractivity contribution in [3.8, 4) is 0 Å². The van der Waals surface area contributed by atoms with Gasteiger partial charge in [-0.3, -0.25) is 0 Å². The highest BCUT2D eigenvalue weighted by Crippen LogP contribution is 2.55. The van der Waals surface area contributed by atoms with Crippen molar-refractivity contribution < 1.29 is 4.79 Å². The van der Waals surface area contributed by atoms with Gasteiger partial charge in [-0.25, -0.2) is 0 Å². The molecule has 1 aromatic carbocycles. The van der Waals surface area contributed by atoms with Crippen LogP contribution in [0.15, 0.2) is 42.5 Å². The SMILES string of the molecule is C[C@@H]1C2C=CC1C(c1ccccc1)C2C=O. The van der Waals surface area contributed by atoms with Gasteiger partial charge >= 0.3 is 0 Å². The summed E-state index contributed by atoms with van der Waals surface area (Å²) >= 11 is 0. The van der Waals surface area contributed by atoms with Gasteiger partial charge in [0.2, 0.25) is 0 Å². The lowest BCUT2D eigenvalue weighted by Crippen LogP contribution is -2.18. The van der Waals surface area contributed by atoms with E-state index < -0.39 is 0 Å². The Labute approximate surface area is 96.2 Å². The maximum atomic E-state index is 11.3. The summed E-state index contributed by atoms with van der Waals surface area (Å²) in [7, 11) is 0. The van der Waals surface area contributed by atoms with Crippen LogP contribution in [0.4, 0.5) is 0 Å². The summed E-state index contributed by atoms with van der Waals surface area (Å²) in [5.41, 5.74) is 1.32. The molecule has 5 atom stereocenters. The average Bonchev–Trinajstić information content (AvgIpc) is 2.83. The van der Waals surface area contributed by atoms with Crippen LogP contribution in [0.2, 0.25) is 0 Å². The quantitative estimate of drug-likeness (QED) is 0.544. The Bertz CT molecular complexity index is 420. The van der Waals surface area contributed by atoms with E-state index >= 15 is 0 Å². The largest absolute Gasteiger partial charge is 0.303 e. The van der Waals surface area contributed by atoms with Crippen molar-refractivity contribution in [1.29, 1.82) is 0 Å². The molecule has 0 N–H and O–H groups in total. The van der Waals surface area contributed by atoms with Gasteiger partial charge in [-0.1, -0.05) is 49.4 Å². The van der Waals surface area contributed by atoms with Crippen molar-refractivity contribution in [2.75, 3.05) is 0 Å². The molecule has 1 nitrogen and oxygen atoms in total. The van der Waals surface area contributed by atoms with E-state index in [4.69, 9.17) is 0 Å². The van der Waals surface area contributed by atoms with E-state index in [-0.39, 0.29) is 5.92 Å². The zero-order chi connectivity index (χ0) is 11.1. The second kappa shape index (κ2) is 3.58. The molecule has 3 rings (SSSR count). The van der Waals surface area contributed by atoms with Crippen LogP contribution in [-0.4, -0.2) is 6.29 Å². The van der Waals surface area contributed by atoms with Gasteiger partial charge in [0.1, 0.15) is 6.29 Å². The fourth-order valence-electron chi connectivity index (χ4n) is 3.58. The van der Waals surface area contributed by atoms with E-state index in [1.807, 2.05) is 6.07 Å². The van der Waals surface area contributed by atoms with Gasteiger partial charge in [-0.2, -0.15) is 0 Å². The second-order valence-corrected chi connectivity index (χ2v) is 5.05. The molecule has 16 heavy (non-hydrogen) atoms. The van der Waals surface area contributed by atoms with Crippen LogP contribution in [-0.2, 0) is 4.79 Å². The van der Waals surface area contributed by atoms with Gasteiger partial charge in [-0.15, -0.1) is 0 Å². The van der Waals surface area contributed by atoms with Gasteiger partial charge in [-0.05, 0) is 23.3 Å². The summed E-state index contributed by atoms with van der Waals surface area (Å²) in [5, 5.41) is 0. The smallest absolute Gasteiger partial charge is 0.124 e. The molecule has 1 heteroatoms. The van der Waals surface area contributed by atoms with E-state index in [1.54, 1.807) is 0 Å². The molecule has 0 aromatic heterocycles. The number of hydrogen-bond donors (Lipinski definition) is 0. The summed E-state index contributed by atoms with van der Waals surface area (Å²) in [6, 6.07) is 10.5. The molecule has 0 saturated heterocycles. The van der Waals surface area contributed by atoms with E-state index in [1.165, 1.54) is 11.8 Å². The molecule has 82 valence electrons. The van der Waals surface area contributed by atoms with E-state index in [9.17, 15) is 4.79 Å². The third-order valence-corrected chi connectivity index (χ3v) is 4.39. The van der Waals surface area contributed by atoms with Crippen molar-refractivity contribution in [3.63, 3.8) is 0 Å². The lowest BCUT2D eigenvalue weighted by Gasteiger charge is -2.24. The minimum atomic E-state index is 0.187. The number of aldehydes is 1. The standard InChI is InChI=1S/C15H16O/c1-10-12-7-8-13(10)15(14(12)9-16)11-5-3-2-4-6-11/h2-10,12-15H,1H3/t10-,12?,13?,14?,15?/m1/s1. The highest BCUT2D eigenvalue weighted by molar-refractivity contribution is 5.60. The summed E-state index contributed by atoms with van der Waals surface area (Å²) in [4.78, 5) is 11.3. The van der Waals surface area contributed by atoms with Gasteiger partial charge in [0.15, 0.2) is 0 Å². The predicted octanol–water partition coefficient (Wildman–Crippen LogP) is 3.04. The summed E-state index contributed by atoms with van der Waals surface area (Å²) in [6.45, 7) is 2.27. The molecule has 1 aromatic rings. The molecule has 2 aliphatic carbocycles. The van der Waals surface area contributed by atoms with Crippen molar-refractivity contribution in [2.24, 2.45) is 23.7 Å². The van der Waals surface area contributed by atoms with Gasteiger partial charge < -0.3 is 4.79 Å². The zero-order valence-corrected chi connectivity index (χ0v) is 9.41. The molecule has 0 radical (unpaired) electrons. The number of allylic oxidation sites excluding steroid dienone is 2. The summed E-state index contributed by atoms with van der Waals surface area (Å²) in [6.07, 6.45) is 5.73. The predicted molar refractivity (Wildman–Crippen MR) is 64.0 cm³/mol. The third-order valence-electron chi connectivity index (χ3n) is 4.39. The molecule has 1 fully saturated rings. The average molecular weight is 212 g/mol. The second-order valence-electron chi connectivity index (χ2n) is 5.05. The van der Waals surface area contributed by atoms with Crippen LogP contribution in [0.5, 0.6) is 0 Å². The Hall–Kier alpha value is -1.37. The molecular weight excluding hydrogens is 196 g/mol. The fourth-order valence-corrected chi connectivity index (χ4v) is 3.58. The molecule has 0 heterocycles. The van der Waals surface area contributed by atoms with Crippen molar-refractivity contribution in [2.45, 2.75) is 12.8 Å². The highest BCUT2D eigenvalue weighted by Gasteiger charge is 2.49. The third kappa shape index (κ3) is 1.21. The lowest BCUT2D eigenvalue weighted by atomic mass is 9.79. The monoisotopic (exact) mass is 212 g/mol. The van der Waals surface area contributed by atoms with E-state index in [0.29, 0.717) is 23.7 Å². The topological polar surface area (TPSA) is 17.1 Å². The van der Waals surface area contributed by atoms with Crippen LogP contribution in [0.25, 0.3) is 0 Å². The summed E-state index contributed by atoms with van der Waals surface area (Å²) < 4.78 is 0. The molecule has 2 aliphatic rings. The molecule has 0 amide bonds. The Balaban J connectivity index is 2.02. The van der Waals surface area contributed by atoms with Gasteiger partial charge in [0.05, 0.1) is 0 Å². The lowest BCUT2D eigenvalue weighted by molar-refractivity contribution is -0.112. The molecule has 2 bridgehead atoms. The van der Waals surface area contributed by atoms with Crippen molar-refractivity contribution in [3.05, 3.63) is 48.0 Å². The Kier molecular flexibility index (Phi) is 2.20.